The van der Waals surface area contributed by atoms with Crippen LogP contribution in [0.3, 0.4) is 0 Å². The third-order valence-electron chi connectivity index (χ3n) is 0.913. The summed E-state index contributed by atoms with van der Waals surface area (Å²) in [7, 11) is -5.75. The maximum atomic E-state index is 12.2. The Labute approximate surface area is 75.4 Å². The van der Waals surface area contributed by atoms with Crippen LogP contribution in [-0.2, 0) is 14.9 Å². The van der Waals surface area contributed by atoms with Crippen LogP contribution in [0.4, 0.5) is 22.0 Å². The van der Waals surface area contributed by atoms with Crippen molar-refractivity contribution in [3.05, 3.63) is 0 Å². The average Bonchev–Trinajstić information content (AvgIpc) is 1.80. The number of rotatable bonds is 4. The van der Waals surface area contributed by atoms with Crippen molar-refractivity contribution in [1.82, 2.24) is 0 Å². The molecule has 0 aromatic carbocycles. The molecule has 1 N–H and O–H groups in total. The van der Waals surface area contributed by atoms with E-state index in [0.29, 0.717) is 0 Å². The largest absolute Gasteiger partial charge is 0.411 e. The van der Waals surface area contributed by atoms with Crippen LogP contribution in [0.2, 0.25) is 0 Å². The average molecular weight is 244 g/mol. The lowest BCUT2D eigenvalue weighted by Crippen LogP contribution is -2.35. The van der Waals surface area contributed by atoms with E-state index in [1.165, 1.54) is 0 Å². The molecule has 0 saturated heterocycles. The maximum absolute atomic E-state index is 12.2. The van der Waals surface area contributed by atoms with Gasteiger partial charge in [-0.05, 0) is 0 Å². The molecule has 0 saturated carbocycles. The second-order valence-corrected chi connectivity index (χ2v) is 3.77. The van der Waals surface area contributed by atoms with Crippen molar-refractivity contribution >= 4 is 10.1 Å². The Morgan fingerprint density at radius 3 is 1.79 bits per heavy atom. The van der Waals surface area contributed by atoms with Gasteiger partial charge >= 0.3 is 21.5 Å². The normalized spacial score (nSPS) is 14.4. The van der Waals surface area contributed by atoms with Crippen LogP contribution >= 0.6 is 0 Å². The summed E-state index contributed by atoms with van der Waals surface area (Å²) in [5.41, 5.74) is 0. The van der Waals surface area contributed by atoms with Crippen LogP contribution in [0.1, 0.15) is 0 Å². The molecule has 0 aliphatic carbocycles. The van der Waals surface area contributed by atoms with Gasteiger partial charge < -0.3 is 4.74 Å². The van der Waals surface area contributed by atoms with Gasteiger partial charge in [0.25, 0.3) is 0 Å². The zero-order valence-corrected chi connectivity index (χ0v) is 7.20. The van der Waals surface area contributed by atoms with Crippen LogP contribution in [0.5, 0.6) is 0 Å². The molecule has 0 bridgehead atoms. The topological polar surface area (TPSA) is 63.6 Å². The number of hydrogen-bond acceptors (Lipinski definition) is 3. The number of hydrogen-bond donors (Lipinski definition) is 1. The van der Waals surface area contributed by atoms with E-state index in [1.54, 1.807) is 0 Å². The lowest BCUT2D eigenvalue weighted by Gasteiger charge is -2.13. The summed E-state index contributed by atoms with van der Waals surface area (Å²) in [6, 6.07) is 0. The van der Waals surface area contributed by atoms with E-state index in [1.807, 2.05) is 0 Å². The lowest BCUT2D eigenvalue weighted by molar-refractivity contribution is -0.184. The molecule has 0 rings (SSSR count). The van der Waals surface area contributed by atoms with Gasteiger partial charge in [-0.15, -0.1) is 0 Å². The summed E-state index contributed by atoms with van der Waals surface area (Å²) in [4.78, 5) is 0. The molecule has 0 fully saturated rings. The summed E-state index contributed by atoms with van der Waals surface area (Å²) >= 11 is 0. The van der Waals surface area contributed by atoms with Crippen molar-refractivity contribution in [2.75, 3.05) is 13.2 Å². The van der Waals surface area contributed by atoms with E-state index in [4.69, 9.17) is 4.55 Å². The molecular formula is C4H5F5O4S. The number of halogens is 5. The highest BCUT2D eigenvalue weighted by Crippen LogP contribution is 2.22. The first-order chi connectivity index (χ1) is 5.96. The maximum Gasteiger partial charge on any atom is 0.411 e. The van der Waals surface area contributed by atoms with Gasteiger partial charge in [0.15, 0.2) is 0 Å². The summed E-state index contributed by atoms with van der Waals surface area (Å²) < 4.78 is 89.3. The van der Waals surface area contributed by atoms with E-state index in [9.17, 15) is 30.4 Å². The Kier molecular flexibility index (Phi) is 3.81. The smallest absolute Gasteiger partial charge is 0.364 e. The van der Waals surface area contributed by atoms with E-state index in [0.717, 1.165) is 0 Å². The van der Waals surface area contributed by atoms with Crippen molar-refractivity contribution in [3.63, 3.8) is 0 Å². The standard InChI is InChI=1S/C4H5F5O4S/c5-3(6,7)1-13-2-4(8,9)14(10,11)12/h1-2H2,(H,10,11,12). The van der Waals surface area contributed by atoms with Gasteiger partial charge in [-0.3, -0.25) is 4.55 Å². The number of alkyl halides is 5. The van der Waals surface area contributed by atoms with Crippen molar-refractivity contribution < 1.29 is 39.7 Å². The van der Waals surface area contributed by atoms with Gasteiger partial charge in [0.2, 0.25) is 0 Å². The van der Waals surface area contributed by atoms with Crippen LogP contribution in [0.15, 0.2) is 0 Å². The highest BCUT2D eigenvalue weighted by molar-refractivity contribution is 7.86. The summed E-state index contributed by atoms with van der Waals surface area (Å²) in [6.45, 7) is -4.07. The molecule has 0 heterocycles. The summed E-state index contributed by atoms with van der Waals surface area (Å²) in [5.74, 6) is 0. The van der Waals surface area contributed by atoms with Gasteiger partial charge in [0, 0.05) is 0 Å². The fraction of sp³-hybridized carbons (Fsp3) is 1.00. The minimum Gasteiger partial charge on any atom is -0.364 e. The molecule has 0 unspecified atom stereocenters. The molecule has 0 radical (unpaired) electrons. The number of ether oxygens (including phenoxy) is 1. The quantitative estimate of drug-likeness (QED) is 0.593. The molecule has 4 nitrogen and oxygen atoms in total. The van der Waals surface area contributed by atoms with Crippen molar-refractivity contribution in [2.45, 2.75) is 11.4 Å². The minimum absolute atomic E-state index is 2.02. The minimum atomic E-state index is -5.75. The van der Waals surface area contributed by atoms with Crippen molar-refractivity contribution in [2.24, 2.45) is 0 Å². The van der Waals surface area contributed by atoms with Crippen molar-refractivity contribution in [1.29, 1.82) is 0 Å². The van der Waals surface area contributed by atoms with Gasteiger partial charge in [-0.2, -0.15) is 30.4 Å². The molecule has 0 aliphatic heterocycles. The molecule has 0 aliphatic rings. The SMILES string of the molecule is O=S(=O)(O)C(F)(F)COCC(F)(F)F. The Morgan fingerprint density at radius 1 is 1.07 bits per heavy atom. The van der Waals surface area contributed by atoms with Gasteiger partial charge in [-0.1, -0.05) is 0 Å². The predicted molar refractivity (Wildman–Crippen MR) is 33.4 cm³/mol. The highest BCUT2D eigenvalue weighted by atomic mass is 32.2. The first-order valence-corrected chi connectivity index (χ1v) is 4.39. The molecule has 0 aromatic rings. The molecule has 0 atom stereocenters. The van der Waals surface area contributed by atoms with Gasteiger partial charge in [-0.25, -0.2) is 0 Å². The van der Waals surface area contributed by atoms with Crippen LogP contribution in [0.25, 0.3) is 0 Å². The molecule has 14 heavy (non-hydrogen) atoms. The second kappa shape index (κ2) is 3.95. The first-order valence-electron chi connectivity index (χ1n) is 2.95. The van der Waals surface area contributed by atoms with Gasteiger partial charge in [0.1, 0.15) is 13.2 Å². The van der Waals surface area contributed by atoms with E-state index >= 15 is 0 Å². The predicted octanol–water partition coefficient (Wildman–Crippen LogP) is 1.05. The zero-order chi connectivity index (χ0) is 11.6. The Hall–Kier alpha value is -0.480. The summed E-state index contributed by atoms with van der Waals surface area (Å²) in [5, 5.41) is -4.74. The Morgan fingerprint density at radius 2 is 1.50 bits per heavy atom. The summed E-state index contributed by atoms with van der Waals surface area (Å²) in [6.07, 6.45) is -4.84. The molecule has 0 aromatic heterocycles. The van der Waals surface area contributed by atoms with Crippen molar-refractivity contribution in [3.8, 4) is 0 Å². The molecule has 86 valence electrons. The first kappa shape index (κ1) is 13.5. The second-order valence-electron chi connectivity index (χ2n) is 2.22. The zero-order valence-electron chi connectivity index (χ0n) is 6.38. The fourth-order valence-electron chi connectivity index (χ4n) is 0.360. The van der Waals surface area contributed by atoms with E-state index in [-0.39, 0.29) is 0 Å². The van der Waals surface area contributed by atoms with Gasteiger partial charge in [0.05, 0.1) is 0 Å². The fourth-order valence-corrected chi connectivity index (χ4v) is 0.592. The van der Waals surface area contributed by atoms with Crippen LogP contribution in [0, 0.1) is 0 Å². The Bertz CT molecular complexity index is 281. The van der Waals surface area contributed by atoms with Crippen LogP contribution in [-0.4, -0.2) is 37.6 Å². The molecule has 0 spiro atoms. The Balaban J connectivity index is 4.16. The third-order valence-corrected chi connectivity index (χ3v) is 1.79. The lowest BCUT2D eigenvalue weighted by atomic mass is 10.7. The molecule has 0 amide bonds. The van der Waals surface area contributed by atoms with Crippen LogP contribution < -0.4 is 0 Å². The highest BCUT2D eigenvalue weighted by Gasteiger charge is 2.45. The molecular weight excluding hydrogens is 239 g/mol. The third kappa shape index (κ3) is 4.67. The molecule has 10 heteroatoms. The van der Waals surface area contributed by atoms with E-state index < -0.39 is 34.8 Å². The van der Waals surface area contributed by atoms with E-state index in [2.05, 4.69) is 4.74 Å². The monoisotopic (exact) mass is 244 g/mol.